The fourth-order valence-corrected chi connectivity index (χ4v) is 3.65. The second-order valence-electron chi connectivity index (χ2n) is 7.49. The highest BCUT2D eigenvalue weighted by Gasteiger charge is 2.34. The van der Waals surface area contributed by atoms with Crippen LogP contribution in [0.3, 0.4) is 0 Å². The van der Waals surface area contributed by atoms with Crippen molar-refractivity contribution in [2.75, 3.05) is 19.5 Å². The molecule has 11 heteroatoms. The first kappa shape index (κ1) is 23.7. The summed E-state index contributed by atoms with van der Waals surface area (Å²) in [6, 6.07) is 10.6. The third kappa shape index (κ3) is 4.52. The van der Waals surface area contributed by atoms with E-state index < -0.39 is 17.6 Å². The number of methoxy groups -OCH3 is 1. The Hall–Kier alpha value is -4.41. The van der Waals surface area contributed by atoms with E-state index in [1.54, 1.807) is 6.92 Å². The van der Waals surface area contributed by atoms with Crippen molar-refractivity contribution >= 4 is 28.6 Å². The van der Waals surface area contributed by atoms with Gasteiger partial charge in [0.25, 0.3) is 17.5 Å². The van der Waals surface area contributed by atoms with Crippen LogP contribution in [0.15, 0.2) is 53.1 Å². The molecule has 0 fully saturated rings. The van der Waals surface area contributed by atoms with Crippen LogP contribution in [-0.2, 0) is 6.18 Å². The SMILES string of the molecule is CNC(=O)c1ccc(OC)c(NC(=O)c2cc(-c3ccccc3C(F)(F)F)nc3onc(C)c23)c1. The summed E-state index contributed by atoms with van der Waals surface area (Å²) in [5.74, 6) is -0.779. The fourth-order valence-electron chi connectivity index (χ4n) is 3.65. The van der Waals surface area contributed by atoms with E-state index in [1.807, 2.05) is 0 Å². The molecule has 2 amide bonds. The van der Waals surface area contributed by atoms with Crippen molar-refractivity contribution in [1.29, 1.82) is 0 Å². The first-order chi connectivity index (χ1) is 16.6. The van der Waals surface area contributed by atoms with Gasteiger partial charge in [0.05, 0.1) is 40.7 Å². The van der Waals surface area contributed by atoms with Gasteiger partial charge in [0.15, 0.2) is 0 Å². The van der Waals surface area contributed by atoms with Gasteiger partial charge < -0.3 is 19.9 Å². The van der Waals surface area contributed by atoms with Gasteiger partial charge in [-0.15, -0.1) is 0 Å². The monoisotopic (exact) mass is 484 g/mol. The zero-order chi connectivity index (χ0) is 25.3. The molecule has 2 heterocycles. The van der Waals surface area contributed by atoms with Crippen LogP contribution in [0.5, 0.6) is 5.75 Å². The third-order valence-electron chi connectivity index (χ3n) is 5.31. The van der Waals surface area contributed by atoms with Crippen LogP contribution in [0.25, 0.3) is 22.4 Å². The number of benzene rings is 2. The van der Waals surface area contributed by atoms with Gasteiger partial charge in [0.1, 0.15) is 5.75 Å². The standard InChI is InChI=1S/C24H19F3N4O4/c1-12-20-15(22(33)29-18-10-13(21(32)28-2)8-9-19(18)34-3)11-17(30-23(20)35-31-12)14-6-4-5-7-16(14)24(25,26)27/h4-11H,1-3H3,(H,28,32)(H,29,33). The Labute approximate surface area is 197 Å². The Morgan fingerprint density at radius 2 is 1.80 bits per heavy atom. The van der Waals surface area contributed by atoms with Crippen LogP contribution < -0.4 is 15.4 Å². The number of alkyl halides is 3. The minimum absolute atomic E-state index is 0.00636. The van der Waals surface area contributed by atoms with E-state index in [0.717, 1.165) is 6.07 Å². The average Bonchev–Trinajstić information content (AvgIpc) is 3.22. The number of nitrogens with one attached hydrogen (secondary N) is 2. The summed E-state index contributed by atoms with van der Waals surface area (Å²) in [6.45, 7) is 1.58. The lowest BCUT2D eigenvalue weighted by Gasteiger charge is -2.14. The Kier molecular flexibility index (Phi) is 6.16. The molecule has 0 aliphatic heterocycles. The van der Waals surface area contributed by atoms with Gasteiger partial charge in [-0.2, -0.15) is 13.2 Å². The highest BCUT2D eigenvalue weighted by molar-refractivity contribution is 6.13. The average molecular weight is 484 g/mol. The van der Waals surface area contributed by atoms with Crippen LogP contribution in [0.4, 0.5) is 18.9 Å². The second-order valence-corrected chi connectivity index (χ2v) is 7.49. The number of amides is 2. The van der Waals surface area contributed by atoms with Crippen molar-refractivity contribution in [1.82, 2.24) is 15.5 Å². The number of fused-ring (bicyclic) bond motifs is 1. The molecule has 0 aliphatic rings. The van der Waals surface area contributed by atoms with Crippen molar-refractivity contribution < 1.29 is 32.0 Å². The number of rotatable bonds is 5. The number of pyridine rings is 1. The van der Waals surface area contributed by atoms with Crippen LogP contribution in [0.1, 0.15) is 32.0 Å². The molecule has 2 N–H and O–H groups in total. The summed E-state index contributed by atoms with van der Waals surface area (Å²) >= 11 is 0. The zero-order valence-electron chi connectivity index (χ0n) is 18.8. The van der Waals surface area contributed by atoms with Gasteiger partial charge in [-0.3, -0.25) is 9.59 Å². The van der Waals surface area contributed by atoms with Gasteiger partial charge in [-0.05, 0) is 37.3 Å². The number of hydrogen-bond donors (Lipinski definition) is 2. The Balaban J connectivity index is 1.85. The summed E-state index contributed by atoms with van der Waals surface area (Å²) in [5, 5.41) is 9.22. The predicted molar refractivity (Wildman–Crippen MR) is 121 cm³/mol. The second kappa shape index (κ2) is 9.09. The van der Waals surface area contributed by atoms with Crippen molar-refractivity contribution in [3.05, 3.63) is 70.9 Å². The number of carbonyl (C=O) groups is 2. The van der Waals surface area contributed by atoms with Gasteiger partial charge in [-0.25, -0.2) is 4.98 Å². The summed E-state index contributed by atoms with van der Waals surface area (Å²) in [5.41, 5.74) is -0.545. The van der Waals surface area contributed by atoms with E-state index >= 15 is 0 Å². The topological polar surface area (TPSA) is 106 Å². The summed E-state index contributed by atoms with van der Waals surface area (Å²) in [4.78, 5) is 29.6. The first-order valence-corrected chi connectivity index (χ1v) is 10.3. The molecule has 0 saturated carbocycles. The minimum atomic E-state index is -4.64. The molecule has 2 aromatic carbocycles. The highest BCUT2D eigenvalue weighted by Crippen LogP contribution is 2.38. The largest absolute Gasteiger partial charge is 0.495 e. The predicted octanol–water partition coefficient (Wildman–Crippen LogP) is 4.84. The molecule has 0 saturated heterocycles. The molecule has 4 aromatic rings. The number of hydrogen-bond acceptors (Lipinski definition) is 6. The summed E-state index contributed by atoms with van der Waals surface area (Å²) in [6.07, 6.45) is -4.64. The number of ether oxygens (including phenoxy) is 1. The van der Waals surface area contributed by atoms with Crippen LogP contribution in [-0.4, -0.2) is 36.1 Å². The van der Waals surface area contributed by atoms with Crippen LogP contribution >= 0.6 is 0 Å². The quantitative estimate of drug-likeness (QED) is 0.420. The fraction of sp³-hybridized carbons (Fsp3) is 0.167. The van der Waals surface area contributed by atoms with Crippen molar-refractivity contribution in [3.8, 4) is 17.0 Å². The maximum Gasteiger partial charge on any atom is 0.417 e. The van der Waals surface area contributed by atoms with Crippen molar-refractivity contribution in [3.63, 3.8) is 0 Å². The van der Waals surface area contributed by atoms with Crippen LogP contribution in [0, 0.1) is 6.92 Å². The van der Waals surface area contributed by atoms with E-state index in [1.165, 1.54) is 56.6 Å². The van der Waals surface area contributed by atoms with Crippen molar-refractivity contribution in [2.45, 2.75) is 13.1 Å². The Morgan fingerprint density at radius 1 is 1.06 bits per heavy atom. The summed E-state index contributed by atoms with van der Waals surface area (Å²) in [7, 11) is 2.86. The highest BCUT2D eigenvalue weighted by atomic mass is 19.4. The molecule has 8 nitrogen and oxygen atoms in total. The maximum absolute atomic E-state index is 13.6. The zero-order valence-corrected chi connectivity index (χ0v) is 18.8. The molecule has 4 rings (SSSR count). The van der Waals surface area contributed by atoms with Crippen LogP contribution in [0.2, 0.25) is 0 Å². The number of aromatic nitrogens is 2. The molecule has 0 atom stereocenters. The lowest BCUT2D eigenvalue weighted by molar-refractivity contribution is -0.137. The number of anilines is 1. The minimum Gasteiger partial charge on any atom is -0.495 e. The smallest absolute Gasteiger partial charge is 0.417 e. The molecule has 0 bridgehead atoms. The summed E-state index contributed by atoms with van der Waals surface area (Å²) < 4.78 is 51.3. The lowest BCUT2D eigenvalue weighted by Crippen LogP contribution is -2.19. The molecular weight excluding hydrogens is 465 g/mol. The molecule has 2 aromatic heterocycles. The van der Waals surface area contributed by atoms with Gasteiger partial charge in [0, 0.05) is 18.2 Å². The third-order valence-corrected chi connectivity index (χ3v) is 5.31. The molecule has 35 heavy (non-hydrogen) atoms. The maximum atomic E-state index is 13.6. The molecule has 0 spiro atoms. The molecule has 0 aliphatic carbocycles. The number of aryl methyl sites for hydroxylation is 1. The molecule has 180 valence electrons. The van der Waals surface area contributed by atoms with E-state index in [2.05, 4.69) is 20.8 Å². The van der Waals surface area contributed by atoms with E-state index in [-0.39, 0.29) is 50.8 Å². The number of carbonyl (C=O) groups excluding carboxylic acids is 2. The van der Waals surface area contributed by atoms with Gasteiger partial charge in [0.2, 0.25) is 0 Å². The Bertz CT molecular complexity index is 1450. The lowest BCUT2D eigenvalue weighted by atomic mass is 10.0. The normalized spacial score (nSPS) is 11.4. The first-order valence-electron chi connectivity index (χ1n) is 10.3. The van der Waals surface area contributed by atoms with E-state index in [9.17, 15) is 22.8 Å². The molecular formula is C24H19F3N4O4. The molecule has 0 radical (unpaired) electrons. The molecule has 0 unspecified atom stereocenters. The Morgan fingerprint density at radius 3 is 2.49 bits per heavy atom. The number of halogens is 3. The number of nitrogens with zero attached hydrogens (tertiary/aromatic N) is 2. The van der Waals surface area contributed by atoms with E-state index in [4.69, 9.17) is 9.26 Å². The van der Waals surface area contributed by atoms with Crippen molar-refractivity contribution in [2.24, 2.45) is 0 Å². The van der Waals surface area contributed by atoms with Gasteiger partial charge >= 0.3 is 6.18 Å². The van der Waals surface area contributed by atoms with Gasteiger partial charge in [-0.1, -0.05) is 23.4 Å². The van der Waals surface area contributed by atoms with E-state index in [0.29, 0.717) is 5.69 Å².